The summed E-state index contributed by atoms with van der Waals surface area (Å²) in [6.45, 7) is 4.88. The fourth-order valence-electron chi connectivity index (χ4n) is 3.70. The van der Waals surface area contributed by atoms with E-state index in [0.29, 0.717) is 25.2 Å². The Labute approximate surface area is 184 Å². The van der Waals surface area contributed by atoms with Gasteiger partial charge in [-0.05, 0) is 42.9 Å². The summed E-state index contributed by atoms with van der Waals surface area (Å²) in [7, 11) is -3.37. The van der Waals surface area contributed by atoms with Crippen LogP contribution in [0, 0.1) is 17.2 Å². The number of nitriles is 1. The van der Waals surface area contributed by atoms with E-state index in [1.165, 1.54) is 0 Å². The molecule has 0 aromatic heterocycles. The molecule has 3 N–H and O–H groups in total. The zero-order chi connectivity index (χ0) is 23.0. The summed E-state index contributed by atoms with van der Waals surface area (Å²) in [5, 5.41) is 14.0. The third-order valence-electron chi connectivity index (χ3n) is 5.03. The molecule has 0 saturated carbocycles. The van der Waals surface area contributed by atoms with Crippen molar-refractivity contribution in [3.05, 3.63) is 29.8 Å². The molecule has 2 atom stereocenters. The lowest BCUT2D eigenvalue weighted by molar-refractivity contribution is -0.123. The van der Waals surface area contributed by atoms with Crippen molar-refractivity contribution in [3.8, 4) is 6.07 Å². The second-order valence-electron chi connectivity index (χ2n) is 8.29. The molecule has 1 heterocycles. The van der Waals surface area contributed by atoms with Crippen molar-refractivity contribution in [2.75, 3.05) is 30.6 Å². The Hall–Kier alpha value is -2.80. The van der Waals surface area contributed by atoms with Crippen LogP contribution in [0.25, 0.3) is 0 Å². The van der Waals surface area contributed by atoms with Crippen molar-refractivity contribution in [1.82, 2.24) is 15.5 Å². The van der Waals surface area contributed by atoms with E-state index in [2.05, 4.69) is 15.4 Å². The van der Waals surface area contributed by atoms with E-state index in [1.807, 2.05) is 26.0 Å². The first-order valence-electron chi connectivity index (χ1n) is 10.4. The highest BCUT2D eigenvalue weighted by molar-refractivity contribution is 7.92. The van der Waals surface area contributed by atoms with Crippen LogP contribution in [-0.4, -0.2) is 57.2 Å². The maximum absolute atomic E-state index is 12.9. The minimum Gasteiger partial charge on any atom is -0.341 e. The van der Waals surface area contributed by atoms with Gasteiger partial charge in [0.2, 0.25) is 15.9 Å². The lowest BCUT2D eigenvalue weighted by Gasteiger charge is -2.34. The van der Waals surface area contributed by atoms with Crippen LogP contribution in [0.3, 0.4) is 0 Å². The van der Waals surface area contributed by atoms with Crippen LogP contribution in [0.4, 0.5) is 10.5 Å². The second-order valence-corrected chi connectivity index (χ2v) is 10.0. The molecule has 31 heavy (non-hydrogen) atoms. The molecule has 0 aliphatic carbocycles. The van der Waals surface area contributed by atoms with Gasteiger partial charge in [0.1, 0.15) is 12.6 Å². The molecule has 1 aliphatic heterocycles. The molecule has 9 nitrogen and oxygen atoms in total. The third-order valence-corrected chi connectivity index (χ3v) is 5.64. The first kappa shape index (κ1) is 24.5. The summed E-state index contributed by atoms with van der Waals surface area (Å²) < 4.78 is 25.5. The highest BCUT2D eigenvalue weighted by Gasteiger charge is 2.28. The molecule has 10 heteroatoms. The van der Waals surface area contributed by atoms with Crippen LogP contribution >= 0.6 is 0 Å². The van der Waals surface area contributed by atoms with E-state index in [-0.39, 0.29) is 30.3 Å². The molecular formula is C21H31N5O4S. The number of sulfonamides is 1. The number of anilines is 1. The monoisotopic (exact) mass is 449 g/mol. The minimum atomic E-state index is -3.37. The number of hydrogen-bond donors (Lipinski definition) is 3. The molecule has 0 spiro atoms. The van der Waals surface area contributed by atoms with Crippen molar-refractivity contribution < 1.29 is 18.0 Å². The summed E-state index contributed by atoms with van der Waals surface area (Å²) in [5.74, 6) is -0.106. The number of nitrogens with zero attached hydrogens (tertiary/aromatic N) is 2. The number of hydrogen-bond acceptors (Lipinski definition) is 5. The van der Waals surface area contributed by atoms with Gasteiger partial charge in [-0.3, -0.25) is 9.52 Å². The number of carbonyl (C=O) groups is 2. The second kappa shape index (κ2) is 11.0. The summed E-state index contributed by atoms with van der Waals surface area (Å²) in [5.41, 5.74) is 1.45. The molecule has 2 rings (SSSR count). The molecule has 3 amide bonds. The summed E-state index contributed by atoms with van der Waals surface area (Å²) in [4.78, 5) is 26.9. The molecule has 0 bridgehead atoms. The minimum absolute atomic E-state index is 0.0665. The molecule has 2 unspecified atom stereocenters. The van der Waals surface area contributed by atoms with E-state index < -0.39 is 16.1 Å². The number of nitrogens with one attached hydrogen (secondary N) is 3. The van der Waals surface area contributed by atoms with Gasteiger partial charge in [0.05, 0.1) is 12.3 Å². The zero-order valence-electron chi connectivity index (χ0n) is 18.2. The van der Waals surface area contributed by atoms with E-state index in [1.54, 1.807) is 23.1 Å². The number of likely N-dealkylation sites (tertiary alicyclic amines) is 1. The number of urea groups is 1. The predicted octanol–water partition coefficient (Wildman–Crippen LogP) is 2.00. The van der Waals surface area contributed by atoms with Crippen molar-refractivity contribution in [2.24, 2.45) is 5.92 Å². The topological polar surface area (TPSA) is 131 Å². The summed E-state index contributed by atoms with van der Waals surface area (Å²) in [6.07, 6.45) is 3.26. The standard InChI is InChI=1S/C21H31N5O4S/c1-15(2)12-19(20(27)23-10-9-22)24-21(28)26-11-5-7-17(14-26)16-6-4-8-18(13-16)25-31(3,29)30/h4,6,8,13,15,17,19,25H,5,7,10-12,14H2,1-3H3,(H,23,27)(H,24,28). The Bertz CT molecular complexity index is 926. The van der Waals surface area contributed by atoms with Gasteiger partial charge < -0.3 is 15.5 Å². The van der Waals surface area contributed by atoms with Gasteiger partial charge in [0.15, 0.2) is 0 Å². The highest BCUT2D eigenvalue weighted by atomic mass is 32.2. The van der Waals surface area contributed by atoms with E-state index in [9.17, 15) is 18.0 Å². The quantitative estimate of drug-likeness (QED) is 0.522. The van der Waals surface area contributed by atoms with Gasteiger partial charge in [-0.2, -0.15) is 5.26 Å². The Morgan fingerprint density at radius 1 is 1.32 bits per heavy atom. The number of piperidine rings is 1. The van der Waals surface area contributed by atoms with Gasteiger partial charge in [-0.1, -0.05) is 26.0 Å². The van der Waals surface area contributed by atoms with E-state index in [4.69, 9.17) is 5.26 Å². The van der Waals surface area contributed by atoms with Crippen molar-refractivity contribution >= 4 is 27.6 Å². The van der Waals surface area contributed by atoms with Crippen LogP contribution in [0.5, 0.6) is 0 Å². The fourth-order valence-corrected chi connectivity index (χ4v) is 4.25. The normalized spacial score (nSPS) is 17.5. The average molecular weight is 450 g/mol. The molecule has 0 radical (unpaired) electrons. The Morgan fingerprint density at radius 3 is 2.71 bits per heavy atom. The Kier molecular flexibility index (Phi) is 8.68. The van der Waals surface area contributed by atoms with Crippen LogP contribution < -0.4 is 15.4 Å². The van der Waals surface area contributed by atoms with Crippen molar-refractivity contribution in [2.45, 2.75) is 45.1 Å². The SMILES string of the molecule is CC(C)CC(NC(=O)N1CCCC(c2cccc(NS(C)(=O)=O)c2)C1)C(=O)NCC#N. The van der Waals surface area contributed by atoms with Gasteiger partial charge >= 0.3 is 6.03 Å². The van der Waals surface area contributed by atoms with Gasteiger partial charge in [-0.15, -0.1) is 0 Å². The smallest absolute Gasteiger partial charge is 0.318 e. The summed E-state index contributed by atoms with van der Waals surface area (Å²) in [6, 6.07) is 8.05. The number of carbonyl (C=O) groups excluding carboxylic acids is 2. The zero-order valence-corrected chi connectivity index (χ0v) is 19.0. The molecule has 1 aromatic carbocycles. The maximum Gasteiger partial charge on any atom is 0.318 e. The molecule has 1 aromatic rings. The first-order valence-corrected chi connectivity index (χ1v) is 12.3. The Morgan fingerprint density at radius 2 is 2.06 bits per heavy atom. The van der Waals surface area contributed by atoms with Gasteiger partial charge in [0, 0.05) is 24.7 Å². The average Bonchev–Trinajstić information content (AvgIpc) is 2.70. The molecule has 170 valence electrons. The van der Waals surface area contributed by atoms with Crippen LogP contribution in [0.2, 0.25) is 0 Å². The highest BCUT2D eigenvalue weighted by Crippen LogP contribution is 2.29. The molecular weight excluding hydrogens is 418 g/mol. The number of amides is 3. The number of benzene rings is 1. The number of rotatable bonds is 8. The van der Waals surface area contributed by atoms with Gasteiger partial charge in [0.25, 0.3) is 0 Å². The van der Waals surface area contributed by atoms with Crippen LogP contribution in [0.15, 0.2) is 24.3 Å². The summed E-state index contributed by atoms with van der Waals surface area (Å²) >= 11 is 0. The van der Waals surface area contributed by atoms with E-state index in [0.717, 1.165) is 24.7 Å². The molecule has 1 fully saturated rings. The van der Waals surface area contributed by atoms with Crippen molar-refractivity contribution in [1.29, 1.82) is 5.26 Å². The fraction of sp³-hybridized carbons (Fsp3) is 0.571. The first-order chi connectivity index (χ1) is 14.6. The van der Waals surface area contributed by atoms with E-state index >= 15 is 0 Å². The van der Waals surface area contributed by atoms with Crippen molar-refractivity contribution in [3.63, 3.8) is 0 Å². The lowest BCUT2D eigenvalue weighted by Crippen LogP contribution is -2.53. The van der Waals surface area contributed by atoms with Gasteiger partial charge in [-0.25, -0.2) is 13.2 Å². The third kappa shape index (κ3) is 8.09. The maximum atomic E-state index is 12.9. The largest absolute Gasteiger partial charge is 0.341 e. The molecule has 1 saturated heterocycles. The molecule has 1 aliphatic rings. The predicted molar refractivity (Wildman–Crippen MR) is 119 cm³/mol. The van der Waals surface area contributed by atoms with Crippen LogP contribution in [0.1, 0.15) is 44.6 Å². The Balaban J connectivity index is 2.06. The lowest BCUT2D eigenvalue weighted by atomic mass is 9.90. The van der Waals surface area contributed by atoms with Crippen LogP contribution in [-0.2, 0) is 14.8 Å².